The minimum atomic E-state index is -0.978. The van der Waals surface area contributed by atoms with Crippen molar-refractivity contribution in [2.45, 2.75) is 39.2 Å². The van der Waals surface area contributed by atoms with Crippen LogP contribution >= 0.6 is 0 Å². The number of benzene rings is 1. The molecular formula is C15H18FNO3. The maximum absolute atomic E-state index is 13.6. The van der Waals surface area contributed by atoms with Crippen molar-refractivity contribution in [1.29, 1.82) is 0 Å². The number of hydrogen-bond donors (Lipinski definition) is 1. The molecule has 1 fully saturated rings. The van der Waals surface area contributed by atoms with E-state index in [0.717, 1.165) is 12.8 Å². The lowest BCUT2D eigenvalue weighted by Crippen LogP contribution is -2.48. The van der Waals surface area contributed by atoms with Crippen LogP contribution < -0.4 is 0 Å². The number of aliphatic carboxylic acids is 1. The van der Waals surface area contributed by atoms with Gasteiger partial charge in [0, 0.05) is 12.1 Å². The lowest BCUT2D eigenvalue weighted by Gasteiger charge is -2.33. The first-order valence-electron chi connectivity index (χ1n) is 6.72. The lowest BCUT2D eigenvalue weighted by atomic mass is 9.99. The van der Waals surface area contributed by atoms with Crippen LogP contribution in [-0.4, -0.2) is 34.5 Å². The van der Waals surface area contributed by atoms with Gasteiger partial charge in [0.05, 0.1) is 0 Å². The van der Waals surface area contributed by atoms with Crippen molar-refractivity contribution >= 4 is 11.9 Å². The summed E-state index contributed by atoms with van der Waals surface area (Å²) in [7, 11) is 0. The monoisotopic (exact) mass is 279 g/mol. The number of carbonyl (C=O) groups is 2. The third kappa shape index (κ3) is 2.66. The molecule has 1 saturated heterocycles. The fourth-order valence-electron chi connectivity index (χ4n) is 2.67. The van der Waals surface area contributed by atoms with Gasteiger partial charge in [0.2, 0.25) is 0 Å². The number of likely N-dealkylation sites (tertiary alicyclic amines) is 1. The van der Waals surface area contributed by atoms with E-state index in [-0.39, 0.29) is 11.7 Å². The number of piperidine rings is 1. The first kappa shape index (κ1) is 14.5. The summed E-state index contributed by atoms with van der Waals surface area (Å²) in [5.74, 6) is -1.63. The van der Waals surface area contributed by atoms with E-state index in [1.165, 1.54) is 17.0 Å². The van der Waals surface area contributed by atoms with Gasteiger partial charge in [0.25, 0.3) is 5.91 Å². The number of carbonyl (C=O) groups excluding carboxylic acids is 1. The van der Waals surface area contributed by atoms with Crippen molar-refractivity contribution < 1.29 is 19.1 Å². The number of halogens is 1. The van der Waals surface area contributed by atoms with E-state index in [2.05, 4.69) is 0 Å². The molecule has 1 aliphatic rings. The molecule has 0 radical (unpaired) electrons. The molecule has 1 aromatic carbocycles. The molecule has 4 nitrogen and oxygen atoms in total. The Balaban J connectivity index is 2.32. The third-order valence-corrected chi connectivity index (χ3v) is 3.73. The quantitative estimate of drug-likeness (QED) is 0.905. The molecule has 1 N–H and O–H groups in total. The zero-order valence-corrected chi connectivity index (χ0v) is 11.6. The zero-order valence-electron chi connectivity index (χ0n) is 11.6. The van der Waals surface area contributed by atoms with Gasteiger partial charge in [-0.05, 0) is 56.4 Å². The molecule has 0 spiro atoms. The minimum Gasteiger partial charge on any atom is -0.480 e. The molecule has 1 amide bonds. The van der Waals surface area contributed by atoms with E-state index in [9.17, 15) is 19.1 Å². The summed E-state index contributed by atoms with van der Waals surface area (Å²) in [5.41, 5.74) is 1.16. The third-order valence-electron chi connectivity index (χ3n) is 3.73. The van der Waals surface area contributed by atoms with Crippen molar-refractivity contribution in [3.63, 3.8) is 0 Å². The van der Waals surface area contributed by atoms with Gasteiger partial charge < -0.3 is 10.0 Å². The van der Waals surface area contributed by atoms with Crippen molar-refractivity contribution in [2.24, 2.45) is 0 Å². The second-order valence-electron chi connectivity index (χ2n) is 5.27. The highest BCUT2D eigenvalue weighted by Crippen LogP contribution is 2.22. The Morgan fingerprint density at radius 2 is 1.85 bits per heavy atom. The van der Waals surface area contributed by atoms with Gasteiger partial charge in [0.15, 0.2) is 0 Å². The van der Waals surface area contributed by atoms with Crippen LogP contribution in [0.2, 0.25) is 0 Å². The number of rotatable bonds is 2. The summed E-state index contributed by atoms with van der Waals surface area (Å²) in [5, 5.41) is 9.20. The first-order chi connectivity index (χ1) is 9.41. The highest BCUT2D eigenvalue weighted by Gasteiger charge is 2.32. The maximum atomic E-state index is 13.6. The van der Waals surface area contributed by atoms with Gasteiger partial charge in [0.1, 0.15) is 11.9 Å². The van der Waals surface area contributed by atoms with Gasteiger partial charge >= 0.3 is 5.97 Å². The Labute approximate surface area is 117 Å². The second kappa shape index (κ2) is 5.61. The molecule has 5 heteroatoms. The summed E-state index contributed by atoms with van der Waals surface area (Å²) in [4.78, 5) is 25.1. The molecule has 1 aromatic rings. The van der Waals surface area contributed by atoms with Gasteiger partial charge in [-0.15, -0.1) is 0 Å². The molecule has 1 aliphatic heterocycles. The standard InChI is InChI=1S/C15H18FNO3/c1-9-7-11(8-10(2)13(9)16)14(18)17-6-4-3-5-12(17)15(19)20/h7-8,12H,3-6H2,1-2H3,(H,19,20)/t12-/m1/s1. The van der Waals surface area contributed by atoms with Crippen LogP contribution in [0.1, 0.15) is 40.7 Å². The van der Waals surface area contributed by atoms with Gasteiger partial charge in [-0.3, -0.25) is 4.79 Å². The van der Waals surface area contributed by atoms with Gasteiger partial charge in [-0.2, -0.15) is 0 Å². The van der Waals surface area contributed by atoms with Gasteiger partial charge in [-0.1, -0.05) is 0 Å². The van der Waals surface area contributed by atoms with E-state index in [4.69, 9.17) is 0 Å². The Bertz CT molecular complexity index is 533. The topological polar surface area (TPSA) is 57.6 Å². The number of nitrogens with zero attached hydrogens (tertiary/aromatic N) is 1. The lowest BCUT2D eigenvalue weighted by molar-refractivity contribution is -0.143. The number of hydrogen-bond acceptors (Lipinski definition) is 2. The van der Waals surface area contributed by atoms with Crippen LogP contribution in [0.5, 0.6) is 0 Å². The highest BCUT2D eigenvalue weighted by molar-refractivity contribution is 5.97. The van der Waals surface area contributed by atoms with Crippen molar-refractivity contribution in [1.82, 2.24) is 4.90 Å². The number of carboxylic acids is 1. The fraction of sp³-hybridized carbons (Fsp3) is 0.467. The molecule has 108 valence electrons. The maximum Gasteiger partial charge on any atom is 0.326 e. The molecule has 1 heterocycles. The fourth-order valence-corrected chi connectivity index (χ4v) is 2.67. The molecule has 0 aromatic heterocycles. The molecule has 20 heavy (non-hydrogen) atoms. The van der Waals surface area contributed by atoms with Crippen LogP contribution in [0.15, 0.2) is 12.1 Å². The van der Waals surface area contributed by atoms with E-state index in [0.29, 0.717) is 29.7 Å². The van der Waals surface area contributed by atoms with Crippen LogP contribution in [0.3, 0.4) is 0 Å². The summed E-state index contributed by atoms with van der Waals surface area (Å²) in [6.45, 7) is 3.64. The largest absolute Gasteiger partial charge is 0.480 e. The Hall–Kier alpha value is -1.91. The predicted molar refractivity (Wildman–Crippen MR) is 72.2 cm³/mol. The van der Waals surface area contributed by atoms with Crippen LogP contribution in [0.25, 0.3) is 0 Å². The van der Waals surface area contributed by atoms with E-state index >= 15 is 0 Å². The smallest absolute Gasteiger partial charge is 0.326 e. The normalized spacial score (nSPS) is 18.9. The Morgan fingerprint density at radius 3 is 2.40 bits per heavy atom. The molecule has 0 saturated carbocycles. The molecule has 0 aliphatic carbocycles. The van der Waals surface area contributed by atoms with Gasteiger partial charge in [-0.25, -0.2) is 9.18 Å². The molecular weight excluding hydrogens is 261 g/mol. The zero-order chi connectivity index (χ0) is 14.9. The second-order valence-corrected chi connectivity index (χ2v) is 5.27. The molecule has 0 bridgehead atoms. The number of carboxylic acid groups (broad SMARTS) is 1. The van der Waals surface area contributed by atoms with E-state index < -0.39 is 12.0 Å². The predicted octanol–water partition coefficient (Wildman–Crippen LogP) is 2.52. The van der Waals surface area contributed by atoms with Crippen LogP contribution in [0.4, 0.5) is 4.39 Å². The summed E-state index contributed by atoms with van der Waals surface area (Å²) in [6, 6.07) is 2.19. The summed E-state index contributed by atoms with van der Waals surface area (Å²) in [6.07, 6.45) is 2.08. The first-order valence-corrected chi connectivity index (χ1v) is 6.72. The molecule has 1 atom stereocenters. The Morgan fingerprint density at radius 1 is 1.25 bits per heavy atom. The van der Waals surface area contributed by atoms with E-state index in [1.54, 1.807) is 13.8 Å². The average molecular weight is 279 g/mol. The Kier molecular flexibility index (Phi) is 4.06. The average Bonchev–Trinajstić information content (AvgIpc) is 2.43. The molecule has 0 unspecified atom stereocenters. The van der Waals surface area contributed by atoms with Crippen molar-refractivity contribution in [3.8, 4) is 0 Å². The number of amides is 1. The number of aryl methyl sites for hydroxylation is 2. The highest BCUT2D eigenvalue weighted by atomic mass is 19.1. The molecule has 2 rings (SSSR count). The summed E-state index contributed by atoms with van der Waals surface area (Å²) < 4.78 is 13.6. The van der Waals surface area contributed by atoms with Crippen LogP contribution in [0, 0.1) is 19.7 Å². The van der Waals surface area contributed by atoms with Crippen molar-refractivity contribution in [2.75, 3.05) is 6.54 Å². The SMILES string of the molecule is Cc1cc(C(=O)N2CCCC[C@@H]2C(=O)O)cc(C)c1F. The summed E-state index contributed by atoms with van der Waals surface area (Å²) >= 11 is 0. The van der Waals surface area contributed by atoms with Crippen molar-refractivity contribution in [3.05, 3.63) is 34.6 Å². The minimum absolute atomic E-state index is 0.324. The van der Waals surface area contributed by atoms with E-state index in [1.807, 2.05) is 0 Å². The van der Waals surface area contributed by atoms with Crippen LogP contribution in [-0.2, 0) is 4.79 Å².